The number of rotatable bonds is 20. The summed E-state index contributed by atoms with van der Waals surface area (Å²) in [7, 11) is 0. The molecule has 0 saturated carbocycles. The Morgan fingerprint density at radius 2 is 0.615 bits per heavy atom. The van der Waals surface area contributed by atoms with Crippen LogP contribution in [0.1, 0.15) is 156 Å². The zero-order valence-corrected chi connectivity index (χ0v) is 19.1. The number of unbranched alkanes of at least 4 members (excludes halogenated alkanes) is 19. The van der Waals surface area contributed by atoms with Crippen LogP contribution in [-0.4, -0.2) is 0 Å². The smallest absolute Gasteiger partial charge is 0.0353 e. The van der Waals surface area contributed by atoms with Crippen LogP contribution in [0.2, 0.25) is 0 Å². The van der Waals surface area contributed by atoms with Gasteiger partial charge in [-0.1, -0.05) is 149 Å². The standard InChI is InChI=1S/C16H34.C10H20/c1-3-5-7-9-11-13-15-16-14-12-10-8-6-4-2;1-3-5-7-9-10-8-6-4-2/h3-16H2,1-2H3;3H,1,4-10H2,2H3. The lowest BCUT2D eigenvalue weighted by molar-refractivity contribution is 0.538. The van der Waals surface area contributed by atoms with Crippen LogP contribution in [0.25, 0.3) is 0 Å². The van der Waals surface area contributed by atoms with E-state index in [4.69, 9.17) is 0 Å². The normalized spacial score (nSPS) is 10.4. The molecule has 0 fully saturated rings. The predicted octanol–water partition coefficient (Wildman–Crippen LogP) is 10.4. The van der Waals surface area contributed by atoms with Gasteiger partial charge in [0.2, 0.25) is 0 Å². The molecule has 0 aromatic carbocycles. The Morgan fingerprint density at radius 1 is 0.385 bits per heavy atom. The van der Waals surface area contributed by atoms with Crippen LogP contribution < -0.4 is 0 Å². The van der Waals surface area contributed by atoms with Crippen molar-refractivity contribution in [3.05, 3.63) is 12.7 Å². The highest BCUT2D eigenvalue weighted by atomic mass is 14.0. The van der Waals surface area contributed by atoms with E-state index in [2.05, 4.69) is 27.4 Å². The van der Waals surface area contributed by atoms with Gasteiger partial charge in [0.1, 0.15) is 0 Å². The van der Waals surface area contributed by atoms with Gasteiger partial charge in [-0.05, 0) is 12.8 Å². The molecule has 0 aromatic heterocycles. The molecule has 0 spiro atoms. The first-order valence-electron chi connectivity index (χ1n) is 12.4. The van der Waals surface area contributed by atoms with Crippen LogP contribution in [0.5, 0.6) is 0 Å². The van der Waals surface area contributed by atoms with E-state index < -0.39 is 0 Å². The minimum absolute atomic E-state index is 1.20. The van der Waals surface area contributed by atoms with Crippen molar-refractivity contribution in [2.45, 2.75) is 156 Å². The fraction of sp³-hybridized carbons (Fsp3) is 0.923. The highest BCUT2D eigenvalue weighted by Gasteiger charge is 1.93. The summed E-state index contributed by atoms with van der Waals surface area (Å²) in [5, 5.41) is 0. The molecule has 0 heterocycles. The summed E-state index contributed by atoms with van der Waals surface area (Å²) in [4.78, 5) is 0. The summed E-state index contributed by atoms with van der Waals surface area (Å²) < 4.78 is 0. The first-order valence-corrected chi connectivity index (χ1v) is 12.4. The van der Waals surface area contributed by atoms with Crippen LogP contribution in [-0.2, 0) is 0 Å². The van der Waals surface area contributed by atoms with E-state index in [-0.39, 0.29) is 0 Å². The Kier molecular flexibility index (Phi) is 31.7. The molecular weight excluding hydrogens is 312 g/mol. The van der Waals surface area contributed by atoms with Gasteiger partial charge in [-0.15, -0.1) is 6.58 Å². The molecule has 0 unspecified atom stereocenters. The first kappa shape index (κ1) is 28.0. The van der Waals surface area contributed by atoms with Gasteiger partial charge in [-0.25, -0.2) is 0 Å². The number of hydrogen-bond acceptors (Lipinski definition) is 0. The Hall–Kier alpha value is -0.260. The van der Waals surface area contributed by atoms with Crippen molar-refractivity contribution in [2.24, 2.45) is 0 Å². The van der Waals surface area contributed by atoms with Crippen LogP contribution in [0, 0.1) is 0 Å². The topological polar surface area (TPSA) is 0 Å². The fourth-order valence-electron chi connectivity index (χ4n) is 3.34. The van der Waals surface area contributed by atoms with E-state index in [1.807, 2.05) is 6.08 Å². The minimum Gasteiger partial charge on any atom is -0.103 e. The van der Waals surface area contributed by atoms with Crippen LogP contribution in [0.4, 0.5) is 0 Å². The number of allylic oxidation sites excluding steroid dienone is 1. The van der Waals surface area contributed by atoms with Gasteiger partial charge >= 0.3 is 0 Å². The van der Waals surface area contributed by atoms with Crippen molar-refractivity contribution < 1.29 is 0 Å². The molecular formula is C26H54. The van der Waals surface area contributed by atoms with Crippen molar-refractivity contribution in [3.63, 3.8) is 0 Å². The second kappa shape index (κ2) is 29.5. The molecule has 158 valence electrons. The van der Waals surface area contributed by atoms with Gasteiger partial charge in [0.05, 0.1) is 0 Å². The Morgan fingerprint density at radius 3 is 0.846 bits per heavy atom. The van der Waals surface area contributed by atoms with Gasteiger partial charge in [0.25, 0.3) is 0 Å². The van der Waals surface area contributed by atoms with Gasteiger partial charge in [-0.2, -0.15) is 0 Å². The summed E-state index contributed by atoms with van der Waals surface area (Å²) in [6.07, 6.45) is 32.0. The molecule has 0 aliphatic carbocycles. The predicted molar refractivity (Wildman–Crippen MR) is 124 cm³/mol. The highest BCUT2D eigenvalue weighted by Crippen LogP contribution is 2.12. The zero-order valence-electron chi connectivity index (χ0n) is 19.1. The largest absolute Gasteiger partial charge is 0.103 e. The Labute approximate surface area is 168 Å². The molecule has 0 heteroatoms. The average molecular weight is 367 g/mol. The summed E-state index contributed by atoms with van der Waals surface area (Å²) in [6.45, 7) is 10.5. The molecule has 0 amide bonds. The molecule has 0 atom stereocenters. The van der Waals surface area contributed by atoms with Crippen molar-refractivity contribution in [2.75, 3.05) is 0 Å². The molecule has 0 nitrogen and oxygen atoms in total. The summed E-state index contributed by atoms with van der Waals surface area (Å²) in [5.41, 5.74) is 0. The summed E-state index contributed by atoms with van der Waals surface area (Å²) >= 11 is 0. The van der Waals surface area contributed by atoms with E-state index in [1.54, 1.807) is 0 Å². The van der Waals surface area contributed by atoms with Crippen LogP contribution >= 0.6 is 0 Å². The average Bonchev–Trinajstić information content (AvgIpc) is 2.66. The molecule has 0 saturated heterocycles. The SMILES string of the molecule is C=CCCCCCCCC.CCCCCCCCCCCCCCCC. The molecule has 0 aliphatic heterocycles. The third-order valence-electron chi connectivity index (χ3n) is 5.22. The molecule has 0 rings (SSSR count). The van der Waals surface area contributed by atoms with E-state index >= 15 is 0 Å². The third kappa shape index (κ3) is 31.5. The Bertz CT molecular complexity index is 204. The maximum atomic E-state index is 3.69. The maximum absolute atomic E-state index is 3.69. The lowest BCUT2D eigenvalue weighted by Gasteiger charge is -2.02. The second-order valence-corrected chi connectivity index (χ2v) is 8.09. The summed E-state index contributed by atoms with van der Waals surface area (Å²) in [5.74, 6) is 0. The molecule has 0 aromatic rings. The van der Waals surface area contributed by atoms with Crippen molar-refractivity contribution in [1.29, 1.82) is 0 Å². The Balaban J connectivity index is 0. The van der Waals surface area contributed by atoms with Gasteiger partial charge in [0.15, 0.2) is 0 Å². The second-order valence-electron chi connectivity index (χ2n) is 8.09. The third-order valence-corrected chi connectivity index (χ3v) is 5.22. The molecule has 0 bridgehead atoms. The quantitative estimate of drug-likeness (QED) is 0.148. The van der Waals surface area contributed by atoms with Gasteiger partial charge in [0, 0.05) is 0 Å². The van der Waals surface area contributed by atoms with Crippen molar-refractivity contribution in [3.8, 4) is 0 Å². The molecule has 26 heavy (non-hydrogen) atoms. The first-order chi connectivity index (χ1) is 12.8. The van der Waals surface area contributed by atoms with Crippen LogP contribution in [0.3, 0.4) is 0 Å². The molecule has 0 N–H and O–H groups in total. The van der Waals surface area contributed by atoms with E-state index in [0.29, 0.717) is 0 Å². The highest BCUT2D eigenvalue weighted by molar-refractivity contribution is 4.65. The molecule has 0 radical (unpaired) electrons. The number of hydrogen-bond donors (Lipinski definition) is 0. The maximum Gasteiger partial charge on any atom is -0.0353 e. The van der Waals surface area contributed by atoms with Crippen molar-refractivity contribution >= 4 is 0 Å². The fourth-order valence-corrected chi connectivity index (χ4v) is 3.34. The zero-order chi connectivity index (χ0) is 19.6. The monoisotopic (exact) mass is 366 g/mol. The van der Waals surface area contributed by atoms with Crippen molar-refractivity contribution in [1.82, 2.24) is 0 Å². The summed E-state index contributed by atoms with van der Waals surface area (Å²) in [6, 6.07) is 0. The molecule has 0 aliphatic rings. The van der Waals surface area contributed by atoms with E-state index in [0.717, 1.165) is 0 Å². The van der Waals surface area contributed by atoms with Gasteiger partial charge < -0.3 is 0 Å². The van der Waals surface area contributed by atoms with Gasteiger partial charge in [-0.3, -0.25) is 0 Å². The van der Waals surface area contributed by atoms with E-state index in [9.17, 15) is 0 Å². The lowest BCUT2D eigenvalue weighted by atomic mass is 10.0. The van der Waals surface area contributed by atoms with E-state index in [1.165, 1.54) is 135 Å². The van der Waals surface area contributed by atoms with Crippen LogP contribution in [0.15, 0.2) is 12.7 Å². The minimum atomic E-state index is 1.20. The lowest BCUT2D eigenvalue weighted by Crippen LogP contribution is -1.82.